The van der Waals surface area contributed by atoms with Crippen LogP contribution in [0.15, 0.2) is 29.2 Å². The molecule has 0 fully saturated rings. The third kappa shape index (κ3) is 5.25. The van der Waals surface area contributed by atoms with Gasteiger partial charge in [0.15, 0.2) is 0 Å². The Morgan fingerprint density at radius 1 is 1.42 bits per heavy atom. The Morgan fingerprint density at radius 2 is 2.16 bits per heavy atom. The number of benzene rings is 1. The van der Waals surface area contributed by atoms with Crippen LogP contribution >= 0.6 is 11.8 Å². The van der Waals surface area contributed by atoms with E-state index in [-0.39, 0.29) is 5.91 Å². The van der Waals surface area contributed by atoms with Gasteiger partial charge in [0.2, 0.25) is 5.91 Å². The number of amides is 1. The lowest BCUT2D eigenvalue weighted by molar-refractivity contribution is -0.123. The molecule has 1 unspecified atom stereocenters. The fraction of sp³-hybridized carbons (Fsp3) is 0.533. The van der Waals surface area contributed by atoms with E-state index in [1.54, 1.807) is 7.05 Å². The molecule has 1 amide bonds. The van der Waals surface area contributed by atoms with Gasteiger partial charge in [-0.05, 0) is 51.6 Å². The second-order valence-electron chi connectivity index (χ2n) is 5.07. The molecule has 3 nitrogen and oxygen atoms in total. The van der Waals surface area contributed by atoms with Crippen molar-refractivity contribution in [2.75, 3.05) is 12.8 Å². The molecular formula is C15H24N2OS. The topological polar surface area (TPSA) is 55.1 Å². The minimum Gasteiger partial charge on any atom is -0.368 e. The molecule has 1 rings (SSSR count). The monoisotopic (exact) mass is 280 g/mol. The molecule has 0 radical (unpaired) electrons. The summed E-state index contributed by atoms with van der Waals surface area (Å²) in [5.41, 5.74) is 6.11. The molecule has 0 spiro atoms. The highest BCUT2D eigenvalue weighted by Gasteiger charge is 2.27. The first-order valence-electron chi connectivity index (χ1n) is 6.66. The van der Waals surface area contributed by atoms with Crippen molar-refractivity contribution >= 4 is 17.7 Å². The van der Waals surface area contributed by atoms with Gasteiger partial charge in [0.25, 0.3) is 0 Å². The number of nitrogens with one attached hydrogen (secondary N) is 1. The Morgan fingerprint density at radius 3 is 2.74 bits per heavy atom. The van der Waals surface area contributed by atoms with E-state index in [1.165, 1.54) is 10.5 Å². The molecule has 1 aromatic carbocycles. The Balaban J connectivity index is 2.26. The van der Waals surface area contributed by atoms with E-state index in [2.05, 4.69) is 36.5 Å². The maximum atomic E-state index is 11.3. The fourth-order valence-electron chi connectivity index (χ4n) is 1.85. The Kier molecular flexibility index (Phi) is 6.38. The van der Waals surface area contributed by atoms with Crippen molar-refractivity contribution in [3.05, 3.63) is 29.8 Å². The van der Waals surface area contributed by atoms with Crippen LogP contribution < -0.4 is 11.1 Å². The highest BCUT2D eigenvalue weighted by Crippen LogP contribution is 2.21. The predicted molar refractivity (Wildman–Crippen MR) is 82.4 cm³/mol. The molecule has 0 bridgehead atoms. The van der Waals surface area contributed by atoms with Crippen LogP contribution in [0.5, 0.6) is 0 Å². The number of hydrogen-bond acceptors (Lipinski definition) is 3. The smallest absolute Gasteiger partial charge is 0.237 e. The number of thioether (sulfide) groups is 1. The van der Waals surface area contributed by atoms with Crippen LogP contribution in [-0.2, 0) is 4.79 Å². The molecule has 0 aromatic heterocycles. The van der Waals surface area contributed by atoms with Gasteiger partial charge in [0.1, 0.15) is 0 Å². The van der Waals surface area contributed by atoms with E-state index in [0.29, 0.717) is 0 Å². The normalized spacial score (nSPS) is 14.1. The molecule has 0 aliphatic carbocycles. The third-order valence-electron chi connectivity index (χ3n) is 3.42. The Bertz CT molecular complexity index is 422. The van der Waals surface area contributed by atoms with E-state index in [1.807, 2.05) is 18.7 Å². The van der Waals surface area contributed by atoms with Crippen molar-refractivity contribution in [2.24, 2.45) is 5.73 Å². The lowest BCUT2D eigenvalue weighted by Gasteiger charge is -2.25. The summed E-state index contributed by atoms with van der Waals surface area (Å²) in [6.45, 7) is 3.97. The average Bonchev–Trinajstić information content (AvgIpc) is 2.38. The largest absolute Gasteiger partial charge is 0.368 e. The number of carbonyl (C=O) groups is 1. The summed E-state index contributed by atoms with van der Waals surface area (Å²) in [6, 6.07) is 8.53. The molecule has 1 aromatic rings. The highest BCUT2D eigenvalue weighted by atomic mass is 32.2. The Hall–Kier alpha value is -1.00. The van der Waals surface area contributed by atoms with Gasteiger partial charge in [-0.2, -0.15) is 0 Å². The molecule has 0 heterocycles. The van der Waals surface area contributed by atoms with Crippen molar-refractivity contribution in [3.63, 3.8) is 0 Å². The molecule has 106 valence electrons. The van der Waals surface area contributed by atoms with Gasteiger partial charge < -0.3 is 11.1 Å². The van der Waals surface area contributed by atoms with E-state index in [0.717, 1.165) is 25.0 Å². The minimum absolute atomic E-state index is 0.277. The first-order chi connectivity index (χ1) is 8.98. The number of carbonyl (C=O) groups excluding carboxylic acids is 1. The standard InChI is InChI=1S/C15H24N2OS/c1-12-7-6-8-13(11-12)19-10-5-4-9-15(2,17-3)14(16)18/h6-8,11,17H,4-5,9-10H2,1-3H3,(H2,16,18). The predicted octanol–water partition coefficient (Wildman–Crippen LogP) is 2.72. The van der Waals surface area contributed by atoms with Crippen molar-refractivity contribution < 1.29 is 4.79 Å². The van der Waals surface area contributed by atoms with E-state index in [4.69, 9.17) is 5.73 Å². The van der Waals surface area contributed by atoms with Gasteiger partial charge in [-0.25, -0.2) is 0 Å². The lowest BCUT2D eigenvalue weighted by Crippen LogP contribution is -2.51. The van der Waals surface area contributed by atoms with E-state index in [9.17, 15) is 4.79 Å². The molecule has 0 aliphatic rings. The molecule has 0 saturated heterocycles. The van der Waals surface area contributed by atoms with Gasteiger partial charge in [-0.1, -0.05) is 24.1 Å². The minimum atomic E-state index is -0.575. The average molecular weight is 280 g/mol. The fourth-order valence-corrected chi connectivity index (χ4v) is 2.88. The number of likely N-dealkylation sites (N-methyl/N-ethyl adjacent to an activating group) is 1. The number of rotatable bonds is 8. The van der Waals surface area contributed by atoms with Crippen LogP contribution in [0.3, 0.4) is 0 Å². The first kappa shape index (κ1) is 16.1. The number of unbranched alkanes of at least 4 members (excludes halogenated alkanes) is 1. The summed E-state index contributed by atoms with van der Waals surface area (Å²) < 4.78 is 0. The second-order valence-corrected chi connectivity index (χ2v) is 6.24. The summed E-state index contributed by atoms with van der Waals surface area (Å²) in [5.74, 6) is 0.795. The maximum absolute atomic E-state index is 11.3. The van der Waals surface area contributed by atoms with Crippen molar-refractivity contribution in [2.45, 2.75) is 43.5 Å². The summed E-state index contributed by atoms with van der Waals surface area (Å²) in [6.07, 6.45) is 2.87. The van der Waals surface area contributed by atoms with Crippen LogP contribution in [-0.4, -0.2) is 24.2 Å². The van der Waals surface area contributed by atoms with Crippen molar-refractivity contribution in [1.29, 1.82) is 0 Å². The lowest BCUT2D eigenvalue weighted by atomic mass is 9.94. The molecule has 0 aliphatic heterocycles. The molecular weight excluding hydrogens is 256 g/mol. The summed E-state index contributed by atoms with van der Waals surface area (Å²) in [4.78, 5) is 12.6. The molecule has 0 saturated carbocycles. The van der Waals surface area contributed by atoms with Crippen LogP contribution in [0.1, 0.15) is 31.7 Å². The number of aryl methyl sites for hydroxylation is 1. The zero-order valence-electron chi connectivity index (χ0n) is 12.0. The molecule has 1 atom stereocenters. The number of primary amides is 1. The zero-order chi connectivity index (χ0) is 14.3. The van der Waals surface area contributed by atoms with Crippen molar-refractivity contribution in [3.8, 4) is 0 Å². The zero-order valence-corrected chi connectivity index (χ0v) is 12.8. The second kappa shape index (κ2) is 7.56. The van der Waals surface area contributed by atoms with E-state index < -0.39 is 5.54 Å². The highest BCUT2D eigenvalue weighted by molar-refractivity contribution is 7.99. The summed E-state index contributed by atoms with van der Waals surface area (Å²) in [7, 11) is 1.78. The van der Waals surface area contributed by atoms with Gasteiger partial charge in [-0.3, -0.25) is 4.79 Å². The maximum Gasteiger partial charge on any atom is 0.237 e. The molecule has 4 heteroatoms. The summed E-state index contributed by atoms with van der Waals surface area (Å²) >= 11 is 1.86. The van der Waals surface area contributed by atoms with Gasteiger partial charge in [0.05, 0.1) is 5.54 Å². The van der Waals surface area contributed by atoms with Crippen molar-refractivity contribution in [1.82, 2.24) is 5.32 Å². The van der Waals surface area contributed by atoms with Crippen LogP contribution in [0, 0.1) is 6.92 Å². The quantitative estimate of drug-likeness (QED) is 0.568. The van der Waals surface area contributed by atoms with Crippen LogP contribution in [0.25, 0.3) is 0 Å². The number of hydrogen-bond donors (Lipinski definition) is 2. The molecule has 19 heavy (non-hydrogen) atoms. The Labute approximate surface area is 120 Å². The first-order valence-corrected chi connectivity index (χ1v) is 7.65. The molecule has 3 N–H and O–H groups in total. The van der Waals surface area contributed by atoms with Gasteiger partial charge in [-0.15, -0.1) is 11.8 Å². The third-order valence-corrected chi connectivity index (χ3v) is 4.51. The van der Waals surface area contributed by atoms with Gasteiger partial charge in [0, 0.05) is 4.90 Å². The number of nitrogens with two attached hydrogens (primary N) is 1. The van der Waals surface area contributed by atoms with E-state index >= 15 is 0 Å². The SMILES string of the molecule is CNC(C)(CCCCSc1cccc(C)c1)C(N)=O. The van der Waals surface area contributed by atoms with Crippen LogP contribution in [0.2, 0.25) is 0 Å². The summed E-state index contributed by atoms with van der Waals surface area (Å²) in [5, 5.41) is 3.01. The van der Waals surface area contributed by atoms with Gasteiger partial charge >= 0.3 is 0 Å². The van der Waals surface area contributed by atoms with Crippen LogP contribution in [0.4, 0.5) is 0 Å².